The van der Waals surface area contributed by atoms with Crippen molar-refractivity contribution in [3.05, 3.63) is 57.3 Å². The number of benzene rings is 1. The van der Waals surface area contributed by atoms with E-state index in [-0.39, 0.29) is 5.91 Å². The quantitative estimate of drug-likeness (QED) is 0.905. The first-order valence-electron chi connectivity index (χ1n) is 5.25. The normalized spacial score (nSPS) is 10.2. The molecule has 0 bridgehead atoms. The molecule has 0 aliphatic heterocycles. The molecular formula is C13H10BrClN2O. The van der Waals surface area contributed by atoms with Gasteiger partial charge in [0, 0.05) is 22.6 Å². The van der Waals surface area contributed by atoms with Gasteiger partial charge in [-0.2, -0.15) is 0 Å². The lowest BCUT2D eigenvalue weighted by molar-refractivity contribution is 0.102. The van der Waals surface area contributed by atoms with E-state index in [1.54, 1.807) is 6.07 Å². The van der Waals surface area contributed by atoms with Gasteiger partial charge in [-0.15, -0.1) is 0 Å². The first kappa shape index (κ1) is 13.1. The van der Waals surface area contributed by atoms with Gasteiger partial charge < -0.3 is 5.32 Å². The Morgan fingerprint density at radius 2 is 2.17 bits per heavy atom. The first-order chi connectivity index (χ1) is 8.58. The van der Waals surface area contributed by atoms with Crippen LogP contribution in [0.15, 0.2) is 41.1 Å². The molecule has 1 heterocycles. The molecule has 1 amide bonds. The van der Waals surface area contributed by atoms with Gasteiger partial charge in [0.1, 0.15) is 0 Å². The SMILES string of the molecule is Cc1cc(NC(=O)c2ccncc2Cl)ccc1Br. The largest absolute Gasteiger partial charge is 0.322 e. The fourth-order valence-electron chi connectivity index (χ4n) is 1.48. The first-order valence-corrected chi connectivity index (χ1v) is 6.42. The van der Waals surface area contributed by atoms with Gasteiger partial charge in [0.25, 0.3) is 5.91 Å². The predicted octanol–water partition coefficient (Wildman–Crippen LogP) is 4.06. The molecule has 5 heteroatoms. The van der Waals surface area contributed by atoms with E-state index in [9.17, 15) is 4.79 Å². The van der Waals surface area contributed by atoms with Crippen LogP contribution in [0, 0.1) is 6.92 Å². The lowest BCUT2D eigenvalue weighted by atomic mass is 10.2. The fraction of sp³-hybridized carbons (Fsp3) is 0.0769. The number of nitrogens with zero attached hydrogens (tertiary/aromatic N) is 1. The van der Waals surface area contributed by atoms with Crippen LogP contribution in [0.2, 0.25) is 5.02 Å². The molecule has 0 spiro atoms. The Kier molecular flexibility index (Phi) is 3.99. The summed E-state index contributed by atoms with van der Waals surface area (Å²) in [6.07, 6.45) is 2.98. The van der Waals surface area contributed by atoms with Crippen LogP contribution >= 0.6 is 27.5 Å². The third-order valence-corrected chi connectivity index (χ3v) is 3.62. The topological polar surface area (TPSA) is 42.0 Å². The van der Waals surface area contributed by atoms with Gasteiger partial charge >= 0.3 is 0 Å². The molecule has 3 nitrogen and oxygen atoms in total. The minimum atomic E-state index is -0.246. The summed E-state index contributed by atoms with van der Waals surface area (Å²) in [6, 6.07) is 7.18. The van der Waals surface area contributed by atoms with Crippen molar-refractivity contribution in [2.45, 2.75) is 6.92 Å². The van der Waals surface area contributed by atoms with Gasteiger partial charge in [-0.05, 0) is 36.8 Å². The molecule has 2 rings (SSSR count). The van der Waals surface area contributed by atoms with Gasteiger partial charge in [0.05, 0.1) is 10.6 Å². The van der Waals surface area contributed by atoms with E-state index in [0.717, 1.165) is 15.7 Å². The molecular weight excluding hydrogens is 316 g/mol. The van der Waals surface area contributed by atoms with Crippen molar-refractivity contribution in [3.8, 4) is 0 Å². The van der Waals surface area contributed by atoms with Crippen molar-refractivity contribution in [1.82, 2.24) is 4.98 Å². The van der Waals surface area contributed by atoms with E-state index in [1.165, 1.54) is 12.4 Å². The predicted molar refractivity (Wildman–Crippen MR) is 76.1 cm³/mol. The average Bonchev–Trinajstić information content (AvgIpc) is 2.34. The maximum Gasteiger partial charge on any atom is 0.257 e. The molecule has 0 saturated heterocycles. The maximum atomic E-state index is 12.0. The van der Waals surface area contributed by atoms with Crippen LogP contribution < -0.4 is 5.32 Å². The number of halogens is 2. The Morgan fingerprint density at radius 3 is 2.83 bits per heavy atom. The van der Waals surface area contributed by atoms with Crippen LogP contribution in [0.5, 0.6) is 0 Å². The summed E-state index contributed by atoms with van der Waals surface area (Å²) >= 11 is 9.32. The van der Waals surface area contributed by atoms with Crippen molar-refractivity contribution in [1.29, 1.82) is 0 Å². The monoisotopic (exact) mass is 324 g/mol. The van der Waals surface area contributed by atoms with Crippen molar-refractivity contribution in [2.24, 2.45) is 0 Å². The maximum absolute atomic E-state index is 12.0. The van der Waals surface area contributed by atoms with Gasteiger partial charge in [-0.1, -0.05) is 27.5 Å². The molecule has 92 valence electrons. The molecule has 1 N–H and O–H groups in total. The Bertz CT molecular complexity index is 601. The zero-order chi connectivity index (χ0) is 13.1. The molecule has 0 saturated carbocycles. The molecule has 2 aromatic rings. The van der Waals surface area contributed by atoms with E-state index in [2.05, 4.69) is 26.2 Å². The number of hydrogen-bond donors (Lipinski definition) is 1. The molecule has 18 heavy (non-hydrogen) atoms. The Balaban J connectivity index is 2.22. The average molecular weight is 326 g/mol. The summed E-state index contributed by atoms with van der Waals surface area (Å²) < 4.78 is 1.00. The summed E-state index contributed by atoms with van der Waals surface area (Å²) in [5.74, 6) is -0.246. The number of aryl methyl sites for hydroxylation is 1. The lowest BCUT2D eigenvalue weighted by Crippen LogP contribution is -2.12. The summed E-state index contributed by atoms with van der Waals surface area (Å²) in [5.41, 5.74) is 2.19. The highest BCUT2D eigenvalue weighted by Crippen LogP contribution is 2.21. The van der Waals surface area contributed by atoms with Crippen LogP contribution in [0.25, 0.3) is 0 Å². The number of rotatable bonds is 2. The summed E-state index contributed by atoms with van der Waals surface area (Å²) in [5, 5.41) is 3.13. The second-order valence-electron chi connectivity index (χ2n) is 3.77. The van der Waals surface area contributed by atoms with Crippen LogP contribution in [0.3, 0.4) is 0 Å². The molecule has 1 aromatic carbocycles. The van der Waals surface area contributed by atoms with E-state index in [0.29, 0.717) is 10.6 Å². The minimum absolute atomic E-state index is 0.246. The Morgan fingerprint density at radius 1 is 1.39 bits per heavy atom. The second-order valence-corrected chi connectivity index (χ2v) is 5.04. The fourth-order valence-corrected chi connectivity index (χ4v) is 1.93. The number of pyridine rings is 1. The minimum Gasteiger partial charge on any atom is -0.322 e. The number of nitrogens with one attached hydrogen (secondary N) is 1. The number of carbonyl (C=O) groups is 1. The van der Waals surface area contributed by atoms with E-state index in [4.69, 9.17) is 11.6 Å². The summed E-state index contributed by atoms with van der Waals surface area (Å²) in [4.78, 5) is 15.8. The number of aromatic nitrogens is 1. The van der Waals surface area contributed by atoms with Crippen molar-refractivity contribution in [3.63, 3.8) is 0 Å². The summed E-state index contributed by atoms with van der Waals surface area (Å²) in [6.45, 7) is 1.96. The second kappa shape index (κ2) is 5.50. The lowest BCUT2D eigenvalue weighted by Gasteiger charge is -2.07. The van der Waals surface area contributed by atoms with Crippen LogP contribution in [0.4, 0.5) is 5.69 Å². The third kappa shape index (κ3) is 2.89. The number of carbonyl (C=O) groups excluding carboxylic acids is 1. The molecule has 0 unspecified atom stereocenters. The zero-order valence-corrected chi connectivity index (χ0v) is 11.9. The van der Waals surface area contributed by atoms with Crippen molar-refractivity contribution >= 4 is 39.1 Å². The van der Waals surface area contributed by atoms with Crippen LogP contribution in [-0.2, 0) is 0 Å². The number of amides is 1. The van der Waals surface area contributed by atoms with E-state index < -0.39 is 0 Å². The van der Waals surface area contributed by atoms with Gasteiger partial charge in [0.15, 0.2) is 0 Å². The third-order valence-electron chi connectivity index (χ3n) is 2.43. The molecule has 0 radical (unpaired) electrons. The standard InChI is InChI=1S/C13H10BrClN2O/c1-8-6-9(2-3-11(8)14)17-13(18)10-4-5-16-7-12(10)15/h2-7H,1H3,(H,17,18). The van der Waals surface area contributed by atoms with Gasteiger partial charge in [-0.3, -0.25) is 9.78 Å². The molecule has 1 aromatic heterocycles. The highest BCUT2D eigenvalue weighted by atomic mass is 79.9. The van der Waals surface area contributed by atoms with Gasteiger partial charge in [-0.25, -0.2) is 0 Å². The Hall–Kier alpha value is -1.39. The molecule has 0 atom stereocenters. The highest BCUT2D eigenvalue weighted by molar-refractivity contribution is 9.10. The Labute approximate surface area is 118 Å². The van der Waals surface area contributed by atoms with Crippen LogP contribution in [0.1, 0.15) is 15.9 Å². The molecule has 0 fully saturated rings. The summed E-state index contributed by atoms with van der Waals surface area (Å²) in [7, 11) is 0. The van der Waals surface area contributed by atoms with E-state index >= 15 is 0 Å². The number of anilines is 1. The highest BCUT2D eigenvalue weighted by Gasteiger charge is 2.10. The van der Waals surface area contributed by atoms with Crippen molar-refractivity contribution < 1.29 is 4.79 Å². The van der Waals surface area contributed by atoms with Crippen LogP contribution in [-0.4, -0.2) is 10.9 Å². The van der Waals surface area contributed by atoms with Crippen molar-refractivity contribution in [2.75, 3.05) is 5.32 Å². The van der Waals surface area contributed by atoms with E-state index in [1.807, 2.05) is 25.1 Å². The number of hydrogen-bond acceptors (Lipinski definition) is 2. The van der Waals surface area contributed by atoms with Gasteiger partial charge in [0.2, 0.25) is 0 Å². The zero-order valence-electron chi connectivity index (χ0n) is 9.58. The molecule has 0 aliphatic carbocycles. The molecule has 0 aliphatic rings. The smallest absolute Gasteiger partial charge is 0.257 e.